The van der Waals surface area contributed by atoms with Crippen LogP contribution in [0.3, 0.4) is 0 Å². The molecule has 3 fully saturated rings. The van der Waals surface area contributed by atoms with Crippen LogP contribution in [0.15, 0.2) is 42.7 Å². The summed E-state index contributed by atoms with van der Waals surface area (Å²) in [6, 6.07) is 7.37. The van der Waals surface area contributed by atoms with Crippen molar-refractivity contribution in [1.82, 2.24) is 25.2 Å². The van der Waals surface area contributed by atoms with E-state index in [1.807, 2.05) is 0 Å². The third kappa shape index (κ3) is 3.81. The van der Waals surface area contributed by atoms with Gasteiger partial charge in [0.15, 0.2) is 17.9 Å². The van der Waals surface area contributed by atoms with Gasteiger partial charge in [-0.2, -0.15) is 5.10 Å². The van der Waals surface area contributed by atoms with Gasteiger partial charge in [-0.3, -0.25) is 9.59 Å². The Morgan fingerprint density at radius 3 is 2.90 bits per heavy atom. The first kappa shape index (κ1) is 19.7. The molecule has 2 N–H and O–H groups in total. The van der Waals surface area contributed by atoms with Crippen molar-refractivity contribution in [2.45, 2.75) is 30.8 Å². The molecule has 3 aliphatic carbocycles. The van der Waals surface area contributed by atoms with Crippen LogP contribution >= 0.6 is 11.6 Å². The van der Waals surface area contributed by atoms with Gasteiger partial charge in [0.25, 0.3) is 11.8 Å². The maximum atomic E-state index is 13.5. The molecule has 2 amide bonds. The molecule has 1 atom stereocenters. The zero-order valence-electron chi connectivity index (χ0n) is 16.3. The van der Waals surface area contributed by atoms with Gasteiger partial charge >= 0.3 is 0 Å². The lowest BCUT2D eigenvalue weighted by atomic mass is 9.76. The van der Waals surface area contributed by atoms with Crippen molar-refractivity contribution in [2.24, 2.45) is 5.92 Å². The van der Waals surface area contributed by atoms with E-state index in [9.17, 15) is 14.0 Å². The number of hydrogen-bond donors (Lipinski definition) is 2. The van der Waals surface area contributed by atoms with Crippen LogP contribution in [0.2, 0.25) is 5.02 Å². The average molecular weight is 444 g/mol. The zero-order valence-corrected chi connectivity index (χ0v) is 17.1. The number of nitrogens with one attached hydrogen (secondary N) is 2. The fourth-order valence-electron chi connectivity index (χ4n) is 4.51. The van der Waals surface area contributed by atoms with Crippen molar-refractivity contribution in [1.29, 1.82) is 0 Å². The van der Waals surface area contributed by atoms with E-state index in [0.29, 0.717) is 23.7 Å². The van der Waals surface area contributed by atoms with Crippen LogP contribution < -0.4 is 15.4 Å². The SMILES string of the molecule is O=C(COc1ccc(Cl)c(F)c1)N[C@H]1CC2(NC(=O)c3cc4ncccn4n3)CC1C2. The van der Waals surface area contributed by atoms with Gasteiger partial charge in [0.05, 0.1) is 5.02 Å². The highest BCUT2D eigenvalue weighted by Crippen LogP contribution is 2.52. The van der Waals surface area contributed by atoms with Gasteiger partial charge in [-0.15, -0.1) is 0 Å². The van der Waals surface area contributed by atoms with Crippen molar-refractivity contribution in [3.63, 3.8) is 0 Å². The van der Waals surface area contributed by atoms with Gasteiger partial charge in [0, 0.05) is 36.1 Å². The Labute approximate surface area is 181 Å². The number of rotatable bonds is 6. The quantitative estimate of drug-likeness (QED) is 0.609. The molecule has 6 rings (SSSR count). The number of amides is 2. The fraction of sp³-hybridized carbons (Fsp3) is 0.333. The fourth-order valence-corrected chi connectivity index (χ4v) is 4.63. The van der Waals surface area contributed by atoms with Crippen LogP contribution in [-0.2, 0) is 4.79 Å². The van der Waals surface area contributed by atoms with Crippen molar-refractivity contribution in [3.05, 3.63) is 59.3 Å². The zero-order chi connectivity index (χ0) is 21.6. The number of carbonyl (C=O) groups is 2. The van der Waals surface area contributed by atoms with Gasteiger partial charge in [-0.05, 0) is 43.4 Å². The summed E-state index contributed by atoms with van der Waals surface area (Å²) in [5.41, 5.74) is 0.588. The van der Waals surface area contributed by atoms with Crippen LogP contribution in [0.1, 0.15) is 29.8 Å². The minimum absolute atomic E-state index is 0.00483. The average Bonchev–Trinajstić information content (AvgIpc) is 3.39. The van der Waals surface area contributed by atoms with E-state index in [1.165, 1.54) is 12.1 Å². The molecule has 0 spiro atoms. The van der Waals surface area contributed by atoms with E-state index in [-0.39, 0.29) is 40.8 Å². The van der Waals surface area contributed by atoms with E-state index in [1.54, 1.807) is 29.0 Å². The Bertz CT molecular complexity index is 1140. The summed E-state index contributed by atoms with van der Waals surface area (Å²) >= 11 is 5.64. The number of halogens is 2. The van der Waals surface area contributed by atoms with Crippen LogP contribution in [0, 0.1) is 11.7 Å². The lowest BCUT2D eigenvalue weighted by Gasteiger charge is -2.38. The third-order valence-corrected chi connectivity index (χ3v) is 6.25. The van der Waals surface area contributed by atoms with Crippen LogP contribution in [0.5, 0.6) is 5.75 Å². The third-order valence-electron chi connectivity index (χ3n) is 5.94. The first-order chi connectivity index (χ1) is 14.9. The number of benzene rings is 1. The molecule has 1 aromatic carbocycles. The molecule has 160 valence electrons. The molecular weight excluding hydrogens is 425 g/mol. The summed E-state index contributed by atoms with van der Waals surface area (Å²) in [5, 5.41) is 10.3. The highest BCUT2D eigenvalue weighted by Gasteiger charge is 2.57. The second-order valence-corrected chi connectivity index (χ2v) is 8.50. The number of aromatic nitrogens is 3. The summed E-state index contributed by atoms with van der Waals surface area (Å²) < 4.78 is 20.4. The summed E-state index contributed by atoms with van der Waals surface area (Å²) in [6.45, 7) is -0.224. The van der Waals surface area contributed by atoms with Gasteiger partial charge in [-0.1, -0.05) is 11.6 Å². The summed E-state index contributed by atoms with van der Waals surface area (Å²) in [7, 11) is 0. The topological polar surface area (TPSA) is 97.6 Å². The molecule has 0 radical (unpaired) electrons. The van der Waals surface area contributed by atoms with E-state index in [4.69, 9.17) is 16.3 Å². The molecule has 3 aromatic rings. The van der Waals surface area contributed by atoms with E-state index < -0.39 is 5.82 Å². The second kappa shape index (κ2) is 7.49. The molecule has 10 heteroatoms. The van der Waals surface area contributed by atoms with Crippen molar-refractivity contribution < 1.29 is 18.7 Å². The van der Waals surface area contributed by atoms with Crippen LogP contribution in [-0.4, -0.2) is 44.6 Å². The number of ether oxygens (including phenoxy) is 1. The van der Waals surface area contributed by atoms with Gasteiger partial charge in [-0.25, -0.2) is 13.9 Å². The van der Waals surface area contributed by atoms with Gasteiger partial charge < -0.3 is 15.4 Å². The molecule has 0 saturated heterocycles. The van der Waals surface area contributed by atoms with E-state index in [0.717, 1.165) is 18.9 Å². The Hall–Kier alpha value is -3.20. The lowest BCUT2D eigenvalue weighted by Crippen LogP contribution is -2.52. The molecule has 2 heterocycles. The first-order valence-corrected chi connectivity index (χ1v) is 10.3. The first-order valence-electron chi connectivity index (χ1n) is 9.91. The Morgan fingerprint density at radius 2 is 2.13 bits per heavy atom. The lowest BCUT2D eigenvalue weighted by molar-refractivity contribution is -0.124. The summed E-state index contributed by atoms with van der Waals surface area (Å²) in [5.74, 6) is -0.599. The molecule has 0 unspecified atom stereocenters. The second-order valence-electron chi connectivity index (χ2n) is 8.10. The smallest absolute Gasteiger partial charge is 0.272 e. The van der Waals surface area contributed by atoms with E-state index in [2.05, 4.69) is 20.7 Å². The Balaban J connectivity index is 1.14. The van der Waals surface area contributed by atoms with Gasteiger partial charge in [0.2, 0.25) is 0 Å². The monoisotopic (exact) mass is 443 g/mol. The highest BCUT2D eigenvalue weighted by atomic mass is 35.5. The number of hydrogen-bond acceptors (Lipinski definition) is 5. The Kier molecular flexibility index (Phi) is 4.77. The number of nitrogens with zero attached hydrogens (tertiary/aromatic N) is 3. The maximum Gasteiger partial charge on any atom is 0.272 e. The van der Waals surface area contributed by atoms with Crippen molar-refractivity contribution in [3.8, 4) is 5.75 Å². The van der Waals surface area contributed by atoms with Crippen molar-refractivity contribution >= 4 is 29.1 Å². The number of fused-ring (bicyclic) bond motifs is 2. The maximum absolute atomic E-state index is 13.5. The molecule has 3 saturated carbocycles. The van der Waals surface area contributed by atoms with E-state index >= 15 is 0 Å². The molecule has 2 bridgehead atoms. The predicted molar refractivity (Wildman–Crippen MR) is 109 cm³/mol. The molecule has 3 aliphatic rings. The van der Waals surface area contributed by atoms with Crippen LogP contribution in [0.4, 0.5) is 4.39 Å². The molecule has 2 aromatic heterocycles. The molecule has 0 aliphatic heterocycles. The highest BCUT2D eigenvalue weighted by molar-refractivity contribution is 6.30. The molecule has 8 nitrogen and oxygen atoms in total. The van der Waals surface area contributed by atoms with Gasteiger partial charge in [0.1, 0.15) is 11.6 Å². The summed E-state index contributed by atoms with van der Waals surface area (Å²) in [6.07, 6.45) is 5.64. The number of carbonyl (C=O) groups excluding carboxylic acids is 2. The molecule has 31 heavy (non-hydrogen) atoms. The predicted octanol–water partition coefficient (Wildman–Crippen LogP) is 2.37. The standard InChI is InChI=1S/C21H19ClFN5O3/c22-14-3-2-13(6-15(14)23)31-11-19(29)25-17-10-21(8-12(17)9-21)26-20(30)16-7-18-24-4-1-5-28(18)27-16/h1-7,12,17H,8-11H2,(H,25,29)(H,26,30)/t12?,17-,21?/m0/s1. The largest absolute Gasteiger partial charge is 0.484 e. The minimum Gasteiger partial charge on any atom is -0.484 e. The Morgan fingerprint density at radius 1 is 1.29 bits per heavy atom. The minimum atomic E-state index is -0.602. The van der Waals surface area contributed by atoms with Crippen molar-refractivity contribution in [2.75, 3.05) is 6.61 Å². The summed E-state index contributed by atoms with van der Waals surface area (Å²) in [4.78, 5) is 29.1. The van der Waals surface area contributed by atoms with Crippen LogP contribution in [0.25, 0.3) is 5.65 Å². The molecular formula is C21H19ClFN5O3. The normalized spacial score (nSPS) is 23.9.